The molecule has 0 aliphatic heterocycles. The first kappa shape index (κ1) is 11.1. The maximum absolute atomic E-state index is 11.0. The lowest BCUT2D eigenvalue weighted by atomic mass is 10.1. The van der Waals surface area contributed by atoms with Crippen LogP contribution in [0.5, 0.6) is 0 Å². The van der Waals surface area contributed by atoms with Gasteiger partial charge in [0.05, 0.1) is 13.5 Å². The zero-order valence-electron chi connectivity index (χ0n) is 8.45. The van der Waals surface area contributed by atoms with Crippen molar-refractivity contribution in [3.8, 4) is 0 Å². The van der Waals surface area contributed by atoms with Crippen molar-refractivity contribution in [1.82, 2.24) is 0 Å². The average Bonchev–Trinajstić information content (AvgIpc) is 2.19. The van der Waals surface area contributed by atoms with Crippen LogP contribution < -0.4 is 0 Å². The Kier molecular flexibility index (Phi) is 4.53. The summed E-state index contributed by atoms with van der Waals surface area (Å²) in [5.41, 5.74) is 2.27. The number of methoxy groups -OCH3 is 1. The largest absolute Gasteiger partial charge is 0.469 e. The molecule has 0 amide bonds. The second-order valence-electron chi connectivity index (χ2n) is 3.01. The standard InChI is InChI=1S/C11H14O2S/c1-13-11(12)7-9-4-3-5-10(6-9)8-14-2/h3-6H,7-8H2,1-2H3. The van der Waals surface area contributed by atoms with Crippen LogP contribution in [0.1, 0.15) is 11.1 Å². The van der Waals surface area contributed by atoms with Crippen LogP contribution in [0, 0.1) is 0 Å². The molecule has 0 aromatic heterocycles. The minimum atomic E-state index is -0.189. The number of esters is 1. The van der Waals surface area contributed by atoms with Gasteiger partial charge in [0, 0.05) is 5.75 Å². The molecule has 0 heterocycles. The second kappa shape index (κ2) is 5.70. The third-order valence-electron chi connectivity index (χ3n) is 1.88. The maximum Gasteiger partial charge on any atom is 0.309 e. The van der Waals surface area contributed by atoms with Gasteiger partial charge in [0.15, 0.2) is 0 Å². The Labute approximate surface area is 88.7 Å². The summed E-state index contributed by atoms with van der Waals surface area (Å²) in [7, 11) is 1.41. The Bertz CT molecular complexity index is 310. The van der Waals surface area contributed by atoms with Crippen LogP contribution in [0.15, 0.2) is 24.3 Å². The summed E-state index contributed by atoms with van der Waals surface area (Å²) >= 11 is 1.77. The molecule has 0 fully saturated rings. The van der Waals surface area contributed by atoms with Gasteiger partial charge in [0.2, 0.25) is 0 Å². The Morgan fingerprint density at radius 3 is 2.79 bits per heavy atom. The van der Waals surface area contributed by atoms with Gasteiger partial charge in [-0.05, 0) is 17.4 Å². The molecule has 1 rings (SSSR count). The van der Waals surface area contributed by atoms with Crippen LogP contribution in [0.4, 0.5) is 0 Å². The van der Waals surface area contributed by atoms with Gasteiger partial charge in [0.1, 0.15) is 0 Å². The first-order valence-electron chi connectivity index (χ1n) is 4.40. The zero-order valence-corrected chi connectivity index (χ0v) is 9.26. The molecule has 0 saturated carbocycles. The Morgan fingerprint density at radius 1 is 1.43 bits per heavy atom. The van der Waals surface area contributed by atoms with E-state index >= 15 is 0 Å². The van der Waals surface area contributed by atoms with E-state index < -0.39 is 0 Å². The van der Waals surface area contributed by atoms with Crippen molar-refractivity contribution < 1.29 is 9.53 Å². The van der Waals surface area contributed by atoms with E-state index in [0.29, 0.717) is 6.42 Å². The Hall–Kier alpha value is -0.960. The summed E-state index contributed by atoms with van der Waals surface area (Å²) in [5, 5.41) is 0. The minimum Gasteiger partial charge on any atom is -0.469 e. The number of rotatable bonds is 4. The molecule has 0 saturated heterocycles. The molecule has 1 aromatic rings. The molecular weight excluding hydrogens is 196 g/mol. The first-order chi connectivity index (χ1) is 6.76. The fraction of sp³-hybridized carbons (Fsp3) is 0.364. The SMILES string of the molecule is COC(=O)Cc1cccc(CSC)c1. The van der Waals surface area contributed by atoms with E-state index in [1.54, 1.807) is 11.8 Å². The molecule has 0 bridgehead atoms. The lowest BCUT2D eigenvalue weighted by Gasteiger charge is -2.02. The summed E-state index contributed by atoms with van der Waals surface area (Å²) < 4.78 is 4.61. The van der Waals surface area contributed by atoms with Crippen LogP contribution in [0.2, 0.25) is 0 Å². The zero-order chi connectivity index (χ0) is 10.4. The number of hydrogen-bond acceptors (Lipinski definition) is 3. The van der Waals surface area contributed by atoms with Gasteiger partial charge in [-0.1, -0.05) is 24.3 Å². The number of carbonyl (C=O) groups is 1. The molecule has 2 nitrogen and oxygen atoms in total. The second-order valence-corrected chi connectivity index (χ2v) is 3.87. The maximum atomic E-state index is 11.0. The lowest BCUT2D eigenvalue weighted by Crippen LogP contribution is -2.04. The summed E-state index contributed by atoms with van der Waals surface area (Å²) in [6.07, 6.45) is 2.42. The number of ether oxygens (including phenoxy) is 1. The molecule has 14 heavy (non-hydrogen) atoms. The Morgan fingerprint density at radius 2 is 2.14 bits per heavy atom. The molecule has 1 aromatic carbocycles. The highest BCUT2D eigenvalue weighted by Crippen LogP contribution is 2.11. The highest BCUT2D eigenvalue weighted by molar-refractivity contribution is 7.97. The van der Waals surface area contributed by atoms with Gasteiger partial charge in [-0.15, -0.1) is 0 Å². The summed E-state index contributed by atoms with van der Waals surface area (Å²) in [5.74, 6) is 0.793. The fourth-order valence-corrected chi connectivity index (χ4v) is 1.75. The van der Waals surface area contributed by atoms with E-state index in [1.807, 2.05) is 18.2 Å². The van der Waals surface area contributed by atoms with Crippen molar-refractivity contribution in [3.63, 3.8) is 0 Å². The molecule has 0 radical (unpaired) electrons. The fourth-order valence-electron chi connectivity index (χ4n) is 1.23. The number of hydrogen-bond donors (Lipinski definition) is 0. The van der Waals surface area contributed by atoms with Crippen LogP contribution in [-0.2, 0) is 21.7 Å². The highest BCUT2D eigenvalue weighted by Gasteiger charge is 2.02. The van der Waals surface area contributed by atoms with Crippen molar-refractivity contribution in [3.05, 3.63) is 35.4 Å². The average molecular weight is 210 g/mol. The van der Waals surface area contributed by atoms with Crippen molar-refractivity contribution in [2.24, 2.45) is 0 Å². The van der Waals surface area contributed by atoms with Gasteiger partial charge in [-0.2, -0.15) is 11.8 Å². The normalized spacial score (nSPS) is 9.86. The summed E-state index contributed by atoms with van der Waals surface area (Å²) in [4.78, 5) is 11.0. The molecule has 0 atom stereocenters. The molecule has 0 aliphatic rings. The molecule has 0 spiro atoms. The van der Waals surface area contributed by atoms with Crippen LogP contribution in [0.25, 0.3) is 0 Å². The van der Waals surface area contributed by atoms with E-state index in [4.69, 9.17) is 0 Å². The summed E-state index contributed by atoms with van der Waals surface area (Å²) in [6, 6.07) is 8.04. The van der Waals surface area contributed by atoms with Crippen molar-refractivity contribution in [2.45, 2.75) is 12.2 Å². The quantitative estimate of drug-likeness (QED) is 0.713. The summed E-state index contributed by atoms with van der Waals surface area (Å²) in [6.45, 7) is 0. The van der Waals surface area contributed by atoms with Gasteiger partial charge in [-0.3, -0.25) is 4.79 Å². The first-order valence-corrected chi connectivity index (χ1v) is 5.79. The minimum absolute atomic E-state index is 0.189. The molecule has 0 unspecified atom stereocenters. The predicted octanol–water partition coefficient (Wildman–Crippen LogP) is 2.27. The predicted molar refractivity (Wildman–Crippen MR) is 59.4 cm³/mol. The van der Waals surface area contributed by atoms with Gasteiger partial charge < -0.3 is 4.74 Å². The van der Waals surface area contributed by atoms with Crippen molar-refractivity contribution in [2.75, 3.05) is 13.4 Å². The topological polar surface area (TPSA) is 26.3 Å². The lowest BCUT2D eigenvalue weighted by molar-refractivity contribution is -0.139. The Balaban J connectivity index is 2.68. The van der Waals surface area contributed by atoms with Gasteiger partial charge in [0.25, 0.3) is 0 Å². The number of thioether (sulfide) groups is 1. The van der Waals surface area contributed by atoms with Crippen LogP contribution >= 0.6 is 11.8 Å². The van der Waals surface area contributed by atoms with Crippen LogP contribution in [-0.4, -0.2) is 19.3 Å². The van der Waals surface area contributed by atoms with E-state index in [1.165, 1.54) is 12.7 Å². The number of carbonyl (C=O) groups excluding carboxylic acids is 1. The van der Waals surface area contributed by atoms with Gasteiger partial charge >= 0.3 is 5.97 Å². The highest BCUT2D eigenvalue weighted by atomic mass is 32.2. The molecular formula is C11H14O2S. The monoisotopic (exact) mass is 210 g/mol. The third-order valence-corrected chi connectivity index (χ3v) is 2.50. The van der Waals surface area contributed by atoms with E-state index in [2.05, 4.69) is 17.1 Å². The third kappa shape index (κ3) is 3.42. The van der Waals surface area contributed by atoms with E-state index in [9.17, 15) is 4.79 Å². The van der Waals surface area contributed by atoms with Crippen molar-refractivity contribution in [1.29, 1.82) is 0 Å². The molecule has 0 N–H and O–H groups in total. The van der Waals surface area contributed by atoms with Gasteiger partial charge in [-0.25, -0.2) is 0 Å². The molecule has 76 valence electrons. The smallest absolute Gasteiger partial charge is 0.309 e. The van der Waals surface area contributed by atoms with Crippen LogP contribution in [0.3, 0.4) is 0 Å². The van der Waals surface area contributed by atoms with E-state index in [-0.39, 0.29) is 5.97 Å². The molecule has 3 heteroatoms. The van der Waals surface area contributed by atoms with E-state index in [0.717, 1.165) is 11.3 Å². The number of benzene rings is 1. The molecule has 0 aliphatic carbocycles. The van der Waals surface area contributed by atoms with Crippen molar-refractivity contribution >= 4 is 17.7 Å².